The fourth-order valence-electron chi connectivity index (χ4n) is 2.35. The van der Waals surface area contributed by atoms with Crippen molar-refractivity contribution < 1.29 is 17.9 Å². The molecule has 134 valence electrons. The Morgan fingerprint density at radius 3 is 2.28 bits per heavy atom. The molecule has 7 heteroatoms. The van der Waals surface area contributed by atoms with Gasteiger partial charge in [-0.15, -0.1) is 0 Å². The van der Waals surface area contributed by atoms with Gasteiger partial charge in [0.15, 0.2) is 0 Å². The predicted molar refractivity (Wildman–Crippen MR) is 99.8 cm³/mol. The molecule has 0 heterocycles. The van der Waals surface area contributed by atoms with Crippen molar-refractivity contribution in [3.05, 3.63) is 63.6 Å². The number of sulfonamides is 1. The first kappa shape index (κ1) is 19.6. The summed E-state index contributed by atoms with van der Waals surface area (Å²) in [6.07, 6.45) is -0.0950. The molecule has 0 aliphatic carbocycles. The second kappa shape index (κ2) is 8.12. The van der Waals surface area contributed by atoms with Crippen LogP contribution in [0.1, 0.15) is 29.2 Å². The first-order chi connectivity index (χ1) is 11.7. The van der Waals surface area contributed by atoms with Crippen molar-refractivity contribution in [3.63, 3.8) is 0 Å². The third-order valence-electron chi connectivity index (χ3n) is 3.75. The Morgan fingerprint density at radius 2 is 1.72 bits per heavy atom. The van der Waals surface area contributed by atoms with Crippen LogP contribution in [0.2, 0.25) is 0 Å². The van der Waals surface area contributed by atoms with Gasteiger partial charge in [-0.1, -0.05) is 35.9 Å². The number of aryl methyl sites for hydroxylation is 2. The van der Waals surface area contributed by atoms with E-state index in [9.17, 15) is 13.2 Å². The first-order valence-corrected chi connectivity index (χ1v) is 9.92. The van der Waals surface area contributed by atoms with Crippen molar-refractivity contribution in [1.29, 1.82) is 0 Å². The van der Waals surface area contributed by atoms with E-state index in [-0.39, 0.29) is 11.3 Å². The van der Waals surface area contributed by atoms with Crippen LogP contribution in [-0.4, -0.2) is 21.5 Å². The van der Waals surface area contributed by atoms with E-state index in [0.29, 0.717) is 10.0 Å². The molecule has 0 fully saturated rings. The maximum absolute atomic E-state index is 12.8. The molecule has 0 amide bonds. The summed E-state index contributed by atoms with van der Waals surface area (Å²) in [5, 5.41) is 0. The summed E-state index contributed by atoms with van der Waals surface area (Å²) in [4.78, 5) is 11.9. The number of ether oxygens (including phenoxy) is 1. The van der Waals surface area contributed by atoms with Crippen LogP contribution >= 0.6 is 15.9 Å². The van der Waals surface area contributed by atoms with E-state index in [1.165, 1.54) is 13.2 Å². The zero-order valence-electron chi connectivity index (χ0n) is 14.2. The van der Waals surface area contributed by atoms with Gasteiger partial charge in [-0.25, -0.2) is 13.1 Å². The van der Waals surface area contributed by atoms with E-state index in [0.717, 1.165) is 11.1 Å². The Bertz CT molecular complexity index is 863. The van der Waals surface area contributed by atoms with Crippen molar-refractivity contribution in [1.82, 2.24) is 4.72 Å². The van der Waals surface area contributed by atoms with Crippen molar-refractivity contribution in [2.24, 2.45) is 0 Å². The topological polar surface area (TPSA) is 72.5 Å². The summed E-state index contributed by atoms with van der Waals surface area (Å²) in [7, 11) is -2.55. The van der Waals surface area contributed by atoms with Gasteiger partial charge in [0, 0.05) is 4.47 Å². The van der Waals surface area contributed by atoms with Gasteiger partial charge in [0.25, 0.3) is 0 Å². The Labute approximate surface area is 156 Å². The SMILES string of the molecule is COC(=O)C[C@H](NS(=O)(=O)c1ccc(C)cc1Br)c1ccc(C)cc1. The molecule has 2 aromatic carbocycles. The van der Waals surface area contributed by atoms with Crippen LogP contribution in [0.25, 0.3) is 0 Å². The maximum Gasteiger partial charge on any atom is 0.307 e. The maximum atomic E-state index is 12.8. The molecule has 0 saturated carbocycles. The van der Waals surface area contributed by atoms with Crippen LogP contribution in [-0.2, 0) is 19.6 Å². The summed E-state index contributed by atoms with van der Waals surface area (Å²) in [5.41, 5.74) is 2.68. The average molecular weight is 426 g/mol. The molecule has 1 N–H and O–H groups in total. The molecule has 2 aromatic rings. The third kappa shape index (κ3) is 5.14. The summed E-state index contributed by atoms with van der Waals surface area (Å²) in [6, 6.07) is 11.6. The molecule has 5 nitrogen and oxygen atoms in total. The standard InChI is InChI=1S/C18H20BrNO4S/c1-12-4-7-14(8-5-12)16(11-18(21)24-3)20-25(22,23)17-9-6-13(2)10-15(17)19/h4-10,16,20H,11H2,1-3H3/t16-/m0/s1. The van der Waals surface area contributed by atoms with Crippen LogP contribution in [0.3, 0.4) is 0 Å². The van der Waals surface area contributed by atoms with Crippen molar-refractivity contribution in [2.75, 3.05) is 7.11 Å². The molecule has 2 rings (SSSR count). The fraction of sp³-hybridized carbons (Fsp3) is 0.278. The Morgan fingerprint density at radius 1 is 1.12 bits per heavy atom. The van der Waals surface area contributed by atoms with Crippen LogP contribution in [0.15, 0.2) is 51.8 Å². The zero-order chi connectivity index (χ0) is 18.6. The minimum atomic E-state index is -3.82. The zero-order valence-corrected chi connectivity index (χ0v) is 16.6. The van der Waals surface area contributed by atoms with E-state index < -0.39 is 22.0 Å². The number of rotatable bonds is 6. The largest absolute Gasteiger partial charge is 0.469 e. The monoisotopic (exact) mass is 425 g/mol. The van der Waals surface area contributed by atoms with Gasteiger partial charge in [-0.3, -0.25) is 4.79 Å². The first-order valence-electron chi connectivity index (χ1n) is 7.65. The predicted octanol–water partition coefficient (Wildman–Crippen LogP) is 3.65. The molecule has 0 unspecified atom stereocenters. The number of carbonyl (C=O) groups is 1. The van der Waals surface area contributed by atoms with E-state index in [1.807, 2.05) is 26.0 Å². The van der Waals surface area contributed by atoms with Gasteiger partial charge in [0.1, 0.15) is 0 Å². The number of nitrogens with one attached hydrogen (secondary N) is 1. The van der Waals surface area contributed by atoms with Gasteiger partial charge in [0.05, 0.1) is 24.5 Å². The van der Waals surface area contributed by atoms with Crippen molar-refractivity contribution in [3.8, 4) is 0 Å². The molecule has 0 saturated heterocycles. The van der Waals surface area contributed by atoms with E-state index in [1.54, 1.807) is 24.3 Å². The highest BCUT2D eigenvalue weighted by Gasteiger charge is 2.25. The molecule has 0 aliphatic heterocycles. The van der Waals surface area contributed by atoms with E-state index in [2.05, 4.69) is 20.7 Å². The van der Waals surface area contributed by atoms with Gasteiger partial charge >= 0.3 is 5.97 Å². The Kier molecular flexibility index (Phi) is 6.37. The lowest BCUT2D eigenvalue weighted by Gasteiger charge is -2.19. The lowest BCUT2D eigenvalue weighted by molar-refractivity contribution is -0.141. The minimum Gasteiger partial charge on any atom is -0.469 e. The van der Waals surface area contributed by atoms with Crippen LogP contribution in [0.4, 0.5) is 0 Å². The molecule has 1 atom stereocenters. The van der Waals surface area contributed by atoms with Gasteiger partial charge in [0.2, 0.25) is 10.0 Å². The average Bonchev–Trinajstić information content (AvgIpc) is 2.54. The molecule has 0 aromatic heterocycles. The quantitative estimate of drug-likeness (QED) is 0.716. The summed E-state index contributed by atoms with van der Waals surface area (Å²) in [6.45, 7) is 3.81. The van der Waals surface area contributed by atoms with Crippen molar-refractivity contribution in [2.45, 2.75) is 31.2 Å². The highest BCUT2D eigenvalue weighted by molar-refractivity contribution is 9.10. The molecule has 0 bridgehead atoms. The normalized spacial score (nSPS) is 12.6. The molecular weight excluding hydrogens is 406 g/mol. The van der Waals surface area contributed by atoms with Gasteiger partial charge in [-0.2, -0.15) is 0 Å². The Balaban J connectivity index is 2.37. The lowest BCUT2D eigenvalue weighted by atomic mass is 10.0. The fourth-order valence-corrected chi connectivity index (χ4v) is 4.77. The number of halogens is 1. The number of esters is 1. The van der Waals surface area contributed by atoms with Crippen molar-refractivity contribution >= 4 is 31.9 Å². The summed E-state index contributed by atoms with van der Waals surface area (Å²) < 4.78 is 33.4. The van der Waals surface area contributed by atoms with Gasteiger partial charge in [-0.05, 0) is 53.0 Å². The van der Waals surface area contributed by atoms with E-state index in [4.69, 9.17) is 4.74 Å². The molecular formula is C18H20BrNO4S. The van der Waals surface area contributed by atoms with E-state index >= 15 is 0 Å². The molecule has 0 spiro atoms. The number of methoxy groups -OCH3 is 1. The van der Waals surface area contributed by atoms with Crippen LogP contribution in [0, 0.1) is 13.8 Å². The second-order valence-electron chi connectivity index (χ2n) is 5.80. The lowest BCUT2D eigenvalue weighted by Crippen LogP contribution is -2.30. The highest BCUT2D eigenvalue weighted by Crippen LogP contribution is 2.26. The summed E-state index contributed by atoms with van der Waals surface area (Å²) in [5.74, 6) is -0.490. The van der Waals surface area contributed by atoms with Crippen LogP contribution in [0.5, 0.6) is 0 Å². The smallest absolute Gasteiger partial charge is 0.307 e. The second-order valence-corrected chi connectivity index (χ2v) is 8.34. The highest BCUT2D eigenvalue weighted by atomic mass is 79.9. The Hall–Kier alpha value is -1.70. The number of hydrogen-bond acceptors (Lipinski definition) is 4. The molecule has 25 heavy (non-hydrogen) atoms. The van der Waals surface area contributed by atoms with Crippen LogP contribution < -0.4 is 4.72 Å². The molecule has 0 aliphatic rings. The number of benzene rings is 2. The number of carbonyl (C=O) groups excluding carboxylic acids is 1. The minimum absolute atomic E-state index is 0.0950. The summed E-state index contributed by atoms with van der Waals surface area (Å²) >= 11 is 3.29. The third-order valence-corrected chi connectivity index (χ3v) is 6.20. The molecule has 0 radical (unpaired) electrons. The number of hydrogen-bond donors (Lipinski definition) is 1. The van der Waals surface area contributed by atoms with Gasteiger partial charge < -0.3 is 4.74 Å².